The quantitative estimate of drug-likeness (QED) is 0.210. The van der Waals surface area contributed by atoms with E-state index in [1.165, 1.54) is 12.1 Å². The van der Waals surface area contributed by atoms with Crippen molar-refractivity contribution in [3.63, 3.8) is 0 Å². The Bertz CT molecular complexity index is 1190. The van der Waals surface area contributed by atoms with Gasteiger partial charge in [-0.3, -0.25) is 9.59 Å². The van der Waals surface area contributed by atoms with Crippen molar-refractivity contribution in [1.29, 1.82) is 0 Å². The van der Waals surface area contributed by atoms with E-state index in [0.717, 1.165) is 11.1 Å². The van der Waals surface area contributed by atoms with Crippen LogP contribution in [0.15, 0.2) is 35.3 Å². The number of carboxylic acids is 2. The summed E-state index contributed by atoms with van der Waals surface area (Å²) in [5.74, 6) is -3.62. The number of anilines is 1. The van der Waals surface area contributed by atoms with Crippen molar-refractivity contribution >= 4 is 34.8 Å². The molecule has 0 saturated carbocycles. The number of nitrogens with zero attached hydrogens (tertiary/aromatic N) is 1. The maximum Gasteiger partial charge on any atom is 1.00 e. The van der Waals surface area contributed by atoms with E-state index in [0.29, 0.717) is 23.9 Å². The van der Waals surface area contributed by atoms with Gasteiger partial charge in [-0.15, -0.1) is 0 Å². The number of carbonyl (C=O) groups is 3. The molecule has 0 saturated heterocycles. The molecule has 0 aliphatic rings. The number of benzene rings is 1. The Hall–Kier alpha value is -2.19. The number of nitrogens with one attached hydrogen (secondary N) is 3. The summed E-state index contributed by atoms with van der Waals surface area (Å²) in [6.45, 7) is 0. The Labute approximate surface area is 237 Å². The van der Waals surface area contributed by atoms with E-state index < -0.39 is 35.9 Å². The number of aromatic nitrogens is 3. The molecule has 34 heavy (non-hydrogen) atoms. The van der Waals surface area contributed by atoms with Crippen LogP contribution >= 0.6 is 0 Å². The zero-order chi connectivity index (χ0) is 22.5. The summed E-state index contributed by atoms with van der Waals surface area (Å²) < 4.78 is 0. The maximum atomic E-state index is 12.2. The third kappa shape index (κ3) is 8.24. The van der Waals surface area contributed by atoms with Gasteiger partial charge in [-0.2, -0.15) is 4.98 Å². The second kappa shape index (κ2) is 14.3. The number of carboxylic acid groups (broad SMARTS) is 2. The van der Waals surface area contributed by atoms with E-state index in [1.807, 2.05) is 0 Å². The van der Waals surface area contributed by atoms with Gasteiger partial charge in [-0.05, 0) is 48.9 Å². The molecule has 0 bridgehead atoms. The smallest absolute Gasteiger partial charge is 0.550 e. The van der Waals surface area contributed by atoms with Crippen LogP contribution in [-0.4, -0.2) is 44.3 Å². The van der Waals surface area contributed by atoms with Crippen molar-refractivity contribution in [1.82, 2.24) is 20.3 Å². The largest absolute Gasteiger partial charge is 1.00 e. The van der Waals surface area contributed by atoms with Crippen LogP contribution in [0.4, 0.5) is 5.95 Å². The maximum absolute atomic E-state index is 12.2. The minimum atomic E-state index is -1.57. The summed E-state index contributed by atoms with van der Waals surface area (Å²) in [5.41, 5.74) is 7.49. The van der Waals surface area contributed by atoms with Crippen LogP contribution in [-0.2, 0) is 22.4 Å². The number of amides is 1. The third-order valence-electron chi connectivity index (χ3n) is 4.78. The van der Waals surface area contributed by atoms with E-state index in [-0.39, 0.29) is 82.5 Å². The fraction of sp³-hybridized carbons (Fsp3) is 0.250. The average Bonchev–Trinajstić information content (AvgIpc) is 3.12. The Kier molecular flexibility index (Phi) is 13.3. The van der Waals surface area contributed by atoms with Crippen molar-refractivity contribution in [3.8, 4) is 0 Å². The third-order valence-corrected chi connectivity index (χ3v) is 4.78. The Morgan fingerprint density at radius 1 is 1.09 bits per heavy atom. The van der Waals surface area contributed by atoms with Gasteiger partial charge in [0.25, 0.3) is 11.5 Å². The first-order valence-corrected chi connectivity index (χ1v) is 9.41. The van der Waals surface area contributed by atoms with E-state index in [2.05, 4.69) is 20.3 Å². The normalized spacial score (nSPS) is 10.8. The molecule has 1 amide bonds. The van der Waals surface area contributed by atoms with Gasteiger partial charge in [0.1, 0.15) is 5.65 Å². The summed E-state index contributed by atoms with van der Waals surface area (Å²) in [5, 5.41) is 24.3. The molecule has 170 valence electrons. The molecule has 0 spiro atoms. The standard InChI is InChI=1S/C20H21N5O6.2Na.H2O/c21-20-24-16-15(18(29)25-20)12(9-22-16)6-3-10-1-4-11(5-2-10)17(28)23-13(19(30)31)7-8-14(26)27;;;/h1-2,4-5,9,13H,3,6-8H2,(H,23,28)(H,26,27)(H,30,31)(H4,21,22,24,25,29);;;1H2/q;2*+1;/p-2/t13-;;;/m0.../s1. The van der Waals surface area contributed by atoms with Crippen molar-refractivity contribution in [2.45, 2.75) is 31.7 Å². The van der Waals surface area contributed by atoms with Crippen molar-refractivity contribution in [2.24, 2.45) is 0 Å². The van der Waals surface area contributed by atoms with Crippen LogP contribution in [0.3, 0.4) is 0 Å². The first-order chi connectivity index (χ1) is 14.7. The number of hydrogen-bond donors (Lipinski definition) is 4. The first kappa shape index (κ1) is 31.8. The zero-order valence-electron chi connectivity index (χ0n) is 18.8. The second-order valence-electron chi connectivity index (χ2n) is 6.94. The number of nitrogen functional groups attached to an aromatic ring is 1. The fourth-order valence-corrected chi connectivity index (χ4v) is 3.18. The molecule has 12 nitrogen and oxygen atoms in total. The van der Waals surface area contributed by atoms with E-state index in [1.54, 1.807) is 18.3 Å². The molecule has 3 rings (SSSR count). The molecule has 0 aliphatic heterocycles. The van der Waals surface area contributed by atoms with Gasteiger partial charge in [-0.25, -0.2) is 0 Å². The molecular weight excluding hydrogens is 468 g/mol. The molecule has 14 heteroatoms. The number of carbonyl (C=O) groups excluding carboxylic acids is 3. The summed E-state index contributed by atoms with van der Waals surface area (Å²) >= 11 is 0. The zero-order valence-corrected chi connectivity index (χ0v) is 22.8. The predicted molar refractivity (Wildman–Crippen MR) is 109 cm³/mol. The molecule has 0 aliphatic carbocycles. The number of fused-ring (bicyclic) bond motifs is 1. The molecule has 7 N–H and O–H groups in total. The number of aryl methyl sites for hydroxylation is 2. The Morgan fingerprint density at radius 3 is 2.32 bits per heavy atom. The molecule has 0 unspecified atom stereocenters. The summed E-state index contributed by atoms with van der Waals surface area (Å²) in [6.07, 6.45) is 1.97. The molecule has 2 aromatic heterocycles. The first-order valence-electron chi connectivity index (χ1n) is 9.41. The molecule has 1 atom stereocenters. The molecule has 0 fully saturated rings. The fourth-order valence-electron chi connectivity index (χ4n) is 3.18. The average molecular weight is 489 g/mol. The van der Waals surface area contributed by atoms with Gasteiger partial charge >= 0.3 is 59.1 Å². The van der Waals surface area contributed by atoms with E-state index >= 15 is 0 Å². The van der Waals surface area contributed by atoms with Crippen LogP contribution < -0.4 is 85.9 Å². The minimum Gasteiger partial charge on any atom is -0.550 e. The van der Waals surface area contributed by atoms with Crippen molar-refractivity contribution < 1.29 is 89.2 Å². The minimum absolute atomic E-state index is 0. The number of nitrogens with two attached hydrogens (primary N) is 1. The van der Waals surface area contributed by atoms with Gasteiger partial charge in [0, 0.05) is 17.7 Å². The Balaban J connectivity index is 0.00000363. The van der Waals surface area contributed by atoms with Crippen molar-refractivity contribution in [3.05, 3.63) is 57.5 Å². The van der Waals surface area contributed by atoms with Gasteiger partial charge in [-0.1, -0.05) is 12.1 Å². The van der Waals surface area contributed by atoms with Gasteiger partial charge in [0.2, 0.25) is 5.95 Å². The van der Waals surface area contributed by atoms with Crippen molar-refractivity contribution in [2.75, 3.05) is 5.73 Å². The Morgan fingerprint density at radius 2 is 1.74 bits per heavy atom. The molecule has 3 aromatic rings. The van der Waals surface area contributed by atoms with Crippen LogP contribution in [0.5, 0.6) is 0 Å². The number of H-pyrrole nitrogens is 2. The van der Waals surface area contributed by atoms with Crippen LogP contribution in [0.1, 0.15) is 34.3 Å². The van der Waals surface area contributed by atoms with Crippen LogP contribution in [0.25, 0.3) is 11.0 Å². The summed E-state index contributed by atoms with van der Waals surface area (Å²) in [7, 11) is 0. The summed E-state index contributed by atoms with van der Waals surface area (Å²) in [6, 6.07) is 5.03. The number of rotatable bonds is 9. The molecular formula is C20H21N5Na2O7. The number of hydrogen-bond acceptors (Lipinski definition) is 8. The van der Waals surface area contributed by atoms with E-state index in [9.17, 15) is 29.4 Å². The summed E-state index contributed by atoms with van der Waals surface area (Å²) in [4.78, 5) is 55.4. The SMILES string of the molecule is Nc1nc(=O)c2c(CCc3ccc(C(=O)N[C@@H](CCC(=O)[O-])C(=O)[O-])cc3)c[nH]c2[nH]1.O.[Na+].[Na+]. The monoisotopic (exact) mass is 489 g/mol. The molecule has 2 heterocycles. The van der Waals surface area contributed by atoms with Gasteiger partial charge in [0.15, 0.2) is 0 Å². The predicted octanol–water partition coefficient (Wildman–Crippen LogP) is -8.82. The number of aliphatic carboxylic acids is 2. The van der Waals surface area contributed by atoms with Gasteiger partial charge < -0.3 is 46.3 Å². The molecule has 0 radical (unpaired) electrons. The second-order valence-corrected chi connectivity index (χ2v) is 6.94. The van der Waals surface area contributed by atoms with Crippen LogP contribution in [0, 0.1) is 0 Å². The van der Waals surface area contributed by atoms with Crippen LogP contribution in [0.2, 0.25) is 0 Å². The topological polar surface area (TPSA) is 228 Å². The molecule has 1 aromatic carbocycles. The van der Waals surface area contributed by atoms with E-state index in [4.69, 9.17) is 5.73 Å². The van der Waals surface area contributed by atoms with Gasteiger partial charge in [0.05, 0.1) is 17.4 Å². The number of aromatic amines is 2.